The van der Waals surface area contributed by atoms with Gasteiger partial charge in [0.15, 0.2) is 0 Å². The molecule has 122 valence electrons. The molecule has 0 aliphatic carbocycles. The molecule has 0 atom stereocenters. The number of hydrogen-bond donors (Lipinski definition) is 0. The van der Waals surface area contributed by atoms with E-state index in [-0.39, 0.29) is 11.4 Å². The monoisotopic (exact) mass is 376 g/mol. The van der Waals surface area contributed by atoms with Crippen LogP contribution in [0.15, 0.2) is 46.9 Å². The molecule has 0 unspecified atom stereocenters. The standard InChI is InChI=1S/C19H21BrO3/c1-5-22-18(21)13-6-9-15(10-7-13)23-17-12-14(20)8-11-16(17)19(2,3)4/h6-12H,5H2,1-4H3. The van der Waals surface area contributed by atoms with Gasteiger partial charge in [0.1, 0.15) is 11.5 Å². The second kappa shape index (κ2) is 7.18. The van der Waals surface area contributed by atoms with Crippen molar-refractivity contribution < 1.29 is 14.3 Å². The van der Waals surface area contributed by atoms with Crippen molar-refractivity contribution in [2.75, 3.05) is 6.61 Å². The zero-order valence-corrected chi connectivity index (χ0v) is 15.4. The highest BCUT2D eigenvalue weighted by Crippen LogP contribution is 2.36. The molecule has 0 aliphatic heterocycles. The van der Waals surface area contributed by atoms with E-state index in [2.05, 4.69) is 42.8 Å². The Hall–Kier alpha value is -1.81. The average Bonchev–Trinajstić information content (AvgIpc) is 2.47. The summed E-state index contributed by atoms with van der Waals surface area (Å²) in [6.45, 7) is 8.59. The van der Waals surface area contributed by atoms with Gasteiger partial charge in [-0.3, -0.25) is 0 Å². The largest absolute Gasteiger partial charge is 0.462 e. The van der Waals surface area contributed by atoms with Crippen molar-refractivity contribution in [3.8, 4) is 11.5 Å². The fourth-order valence-corrected chi connectivity index (χ4v) is 2.54. The number of rotatable bonds is 4. The Morgan fingerprint density at radius 1 is 1.09 bits per heavy atom. The molecule has 0 aromatic heterocycles. The van der Waals surface area contributed by atoms with Gasteiger partial charge < -0.3 is 9.47 Å². The van der Waals surface area contributed by atoms with Gasteiger partial charge in [-0.15, -0.1) is 0 Å². The first-order chi connectivity index (χ1) is 10.8. The van der Waals surface area contributed by atoms with Crippen LogP contribution in [0.4, 0.5) is 0 Å². The third-order valence-corrected chi connectivity index (χ3v) is 3.84. The molecule has 3 nitrogen and oxygen atoms in total. The molecule has 23 heavy (non-hydrogen) atoms. The Labute approximate surface area is 145 Å². The van der Waals surface area contributed by atoms with Crippen molar-refractivity contribution >= 4 is 21.9 Å². The third-order valence-electron chi connectivity index (χ3n) is 3.34. The molecule has 0 N–H and O–H groups in total. The first-order valence-electron chi connectivity index (χ1n) is 7.56. The van der Waals surface area contributed by atoms with Crippen LogP contribution in [-0.4, -0.2) is 12.6 Å². The second-order valence-electron chi connectivity index (χ2n) is 6.24. The summed E-state index contributed by atoms with van der Waals surface area (Å²) >= 11 is 3.48. The molecule has 0 bridgehead atoms. The molecule has 0 fully saturated rings. The summed E-state index contributed by atoms with van der Waals surface area (Å²) in [5, 5.41) is 0. The Morgan fingerprint density at radius 3 is 2.30 bits per heavy atom. The average molecular weight is 377 g/mol. The number of esters is 1. The van der Waals surface area contributed by atoms with Gasteiger partial charge in [0.25, 0.3) is 0 Å². The molecule has 0 aliphatic rings. The number of carbonyl (C=O) groups excluding carboxylic acids is 1. The SMILES string of the molecule is CCOC(=O)c1ccc(Oc2cc(Br)ccc2C(C)(C)C)cc1. The fraction of sp³-hybridized carbons (Fsp3) is 0.316. The highest BCUT2D eigenvalue weighted by atomic mass is 79.9. The van der Waals surface area contributed by atoms with E-state index in [0.29, 0.717) is 17.9 Å². The molecule has 0 spiro atoms. The van der Waals surface area contributed by atoms with E-state index in [0.717, 1.165) is 15.8 Å². The maximum Gasteiger partial charge on any atom is 0.338 e. The van der Waals surface area contributed by atoms with E-state index >= 15 is 0 Å². The van der Waals surface area contributed by atoms with Crippen LogP contribution in [0.1, 0.15) is 43.6 Å². The first kappa shape index (κ1) is 17.5. The van der Waals surface area contributed by atoms with E-state index in [1.807, 2.05) is 12.1 Å². The van der Waals surface area contributed by atoms with E-state index in [9.17, 15) is 4.79 Å². The predicted octanol–water partition coefficient (Wildman–Crippen LogP) is 5.72. The maximum atomic E-state index is 11.7. The van der Waals surface area contributed by atoms with Crippen molar-refractivity contribution in [1.82, 2.24) is 0 Å². The van der Waals surface area contributed by atoms with Gasteiger partial charge in [-0.25, -0.2) is 4.79 Å². The molecule has 2 rings (SSSR count). The topological polar surface area (TPSA) is 35.5 Å². The minimum Gasteiger partial charge on any atom is -0.462 e. The summed E-state index contributed by atoms with van der Waals surface area (Å²) in [6, 6.07) is 13.0. The Morgan fingerprint density at radius 2 is 1.74 bits per heavy atom. The second-order valence-corrected chi connectivity index (χ2v) is 7.15. The van der Waals surface area contributed by atoms with Gasteiger partial charge in [-0.05, 0) is 48.7 Å². The van der Waals surface area contributed by atoms with Crippen LogP contribution in [0.2, 0.25) is 0 Å². The normalized spacial score (nSPS) is 11.2. The number of ether oxygens (including phenoxy) is 2. The van der Waals surface area contributed by atoms with Crippen LogP contribution in [0, 0.1) is 0 Å². The molecule has 0 amide bonds. The lowest BCUT2D eigenvalue weighted by atomic mass is 9.86. The molecule has 0 radical (unpaired) electrons. The first-order valence-corrected chi connectivity index (χ1v) is 8.35. The van der Waals surface area contributed by atoms with Gasteiger partial charge in [-0.1, -0.05) is 42.8 Å². The minimum absolute atomic E-state index is 0.0269. The van der Waals surface area contributed by atoms with Crippen LogP contribution >= 0.6 is 15.9 Å². The van der Waals surface area contributed by atoms with E-state index < -0.39 is 0 Å². The number of hydrogen-bond acceptors (Lipinski definition) is 3. The van der Waals surface area contributed by atoms with Crippen LogP contribution < -0.4 is 4.74 Å². The molecule has 0 saturated heterocycles. The van der Waals surface area contributed by atoms with Gasteiger partial charge in [0.05, 0.1) is 12.2 Å². The van der Waals surface area contributed by atoms with Crippen molar-refractivity contribution in [3.05, 3.63) is 58.1 Å². The highest BCUT2D eigenvalue weighted by Gasteiger charge is 2.19. The third kappa shape index (κ3) is 4.58. The Bertz CT molecular complexity index is 685. The smallest absolute Gasteiger partial charge is 0.338 e. The number of benzene rings is 2. The Balaban J connectivity index is 2.26. The molecule has 2 aromatic carbocycles. The lowest BCUT2D eigenvalue weighted by Crippen LogP contribution is -2.12. The predicted molar refractivity (Wildman–Crippen MR) is 95.3 cm³/mol. The zero-order valence-electron chi connectivity index (χ0n) is 13.9. The number of halogens is 1. The lowest BCUT2D eigenvalue weighted by Gasteiger charge is -2.23. The van der Waals surface area contributed by atoms with Crippen LogP contribution in [0.25, 0.3) is 0 Å². The van der Waals surface area contributed by atoms with Crippen LogP contribution in [0.3, 0.4) is 0 Å². The van der Waals surface area contributed by atoms with Gasteiger partial charge >= 0.3 is 5.97 Å². The zero-order chi connectivity index (χ0) is 17.0. The molecule has 0 heterocycles. The van der Waals surface area contributed by atoms with Gasteiger partial charge in [0.2, 0.25) is 0 Å². The molecule has 0 saturated carbocycles. The molecular formula is C19H21BrO3. The maximum absolute atomic E-state index is 11.7. The molecule has 2 aromatic rings. The summed E-state index contributed by atoms with van der Waals surface area (Å²) in [4.78, 5) is 11.7. The quantitative estimate of drug-likeness (QED) is 0.640. The summed E-state index contributed by atoms with van der Waals surface area (Å²) in [5.41, 5.74) is 1.61. The minimum atomic E-state index is -0.322. The van der Waals surface area contributed by atoms with Crippen molar-refractivity contribution in [3.63, 3.8) is 0 Å². The highest BCUT2D eigenvalue weighted by molar-refractivity contribution is 9.10. The van der Waals surface area contributed by atoms with E-state index in [4.69, 9.17) is 9.47 Å². The van der Waals surface area contributed by atoms with Crippen LogP contribution in [0.5, 0.6) is 11.5 Å². The van der Waals surface area contributed by atoms with Crippen LogP contribution in [-0.2, 0) is 10.2 Å². The fourth-order valence-electron chi connectivity index (χ4n) is 2.20. The van der Waals surface area contributed by atoms with Crippen molar-refractivity contribution in [2.24, 2.45) is 0 Å². The molecular weight excluding hydrogens is 356 g/mol. The Kier molecular flexibility index (Phi) is 5.47. The summed E-state index contributed by atoms with van der Waals surface area (Å²) in [6.07, 6.45) is 0. The summed E-state index contributed by atoms with van der Waals surface area (Å²) in [5.74, 6) is 1.16. The summed E-state index contributed by atoms with van der Waals surface area (Å²) < 4.78 is 12.0. The lowest BCUT2D eigenvalue weighted by molar-refractivity contribution is 0.0526. The van der Waals surface area contributed by atoms with E-state index in [1.165, 1.54) is 0 Å². The van der Waals surface area contributed by atoms with E-state index in [1.54, 1.807) is 31.2 Å². The molecule has 4 heteroatoms. The summed E-state index contributed by atoms with van der Waals surface area (Å²) in [7, 11) is 0. The van der Waals surface area contributed by atoms with Gasteiger partial charge in [0, 0.05) is 10.0 Å². The van der Waals surface area contributed by atoms with Gasteiger partial charge in [-0.2, -0.15) is 0 Å². The number of carbonyl (C=O) groups is 1. The van der Waals surface area contributed by atoms with Crippen molar-refractivity contribution in [2.45, 2.75) is 33.1 Å². The van der Waals surface area contributed by atoms with Crippen molar-refractivity contribution in [1.29, 1.82) is 0 Å².